The molecule has 6 heteroatoms. The van der Waals surface area contributed by atoms with Crippen LogP contribution in [-0.2, 0) is 9.05 Å². The molecule has 0 aliphatic rings. The fraction of sp³-hybridized carbons (Fsp3) is 0.333. The van der Waals surface area contributed by atoms with Crippen LogP contribution in [0.2, 0.25) is 0 Å². The summed E-state index contributed by atoms with van der Waals surface area (Å²) in [5, 5.41) is 0. The molecule has 84 valence electrons. The van der Waals surface area contributed by atoms with Gasteiger partial charge in [-0.05, 0) is 18.2 Å². The average Bonchev–Trinajstić information content (AvgIpc) is 2.15. The second-order valence-electron chi connectivity index (χ2n) is 3.17. The van der Waals surface area contributed by atoms with Crippen LogP contribution >= 0.6 is 10.7 Å². The molecular formula is C9H12ClNO3S. The predicted molar refractivity (Wildman–Crippen MR) is 60.4 cm³/mol. The Balaban J connectivity index is 3.35. The minimum Gasteiger partial charge on any atom is -0.495 e. The molecule has 0 saturated heterocycles. The molecule has 0 aliphatic heterocycles. The van der Waals surface area contributed by atoms with E-state index in [0.717, 1.165) is 0 Å². The van der Waals surface area contributed by atoms with E-state index in [9.17, 15) is 8.42 Å². The minimum absolute atomic E-state index is 0.0636. The fourth-order valence-electron chi connectivity index (χ4n) is 1.17. The molecular weight excluding hydrogens is 238 g/mol. The number of methoxy groups -OCH3 is 1. The minimum atomic E-state index is -3.69. The molecule has 0 spiro atoms. The van der Waals surface area contributed by atoms with Crippen LogP contribution in [0.15, 0.2) is 23.1 Å². The standard InChI is InChI=1S/C9H12ClNO3S/c1-11(2)8-6-7(15(10,12)13)4-5-9(8)14-3/h4-6H,1-3H3. The molecule has 0 heterocycles. The van der Waals surface area contributed by atoms with Crippen molar-refractivity contribution in [3.05, 3.63) is 18.2 Å². The number of rotatable bonds is 3. The van der Waals surface area contributed by atoms with Gasteiger partial charge in [-0.15, -0.1) is 0 Å². The summed E-state index contributed by atoms with van der Waals surface area (Å²) in [4.78, 5) is 1.82. The molecule has 1 aromatic carbocycles. The maximum atomic E-state index is 11.1. The van der Waals surface area contributed by atoms with Gasteiger partial charge >= 0.3 is 0 Å². The number of anilines is 1. The van der Waals surface area contributed by atoms with E-state index < -0.39 is 9.05 Å². The van der Waals surface area contributed by atoms with Gasteiger partial charge in [-0.1, -0.05) is 0 Å². The molecule has 0 amide bonds. The Bertz CT molecular complexity index is 456. The van der Waals surface area contributed by atoms with Crippen LogP contribution < -0.4 is 9.64 Å². The van der Waals surface area contributed by atoms with Crippen LogP contribution in [0.4, 0.5) is 5.69 Å². The van der Waals surface area contributed by atoms with Crippen molar-refractivity contribution < 1.29 is 13.2 Å². The zero-order valence-electron chi connectivity index (χ0n) is 8.69. The first-order chi connectivity index (χ1) is 6.86. The van der Waals surface area contributed by atoms with Gasteiger partial charge in [0.15, 0.2) is 0 Å². The first-order valence-electron chi connectivity index (χ1n) is 4.16. The van der Waals surface area contributed by atoms with Crippen molar-refractivity contribution >= 4 is 25.4 Å². The number of hydrogen-bond donors (Lipinski definition) is 0. The van der Waals surface area contributed by atoms with Gasteiger partial charge < -0.3 is 9.64 Å². The Morgan fingerprint density at radius 1 is 1.33 bits per heavy atom. The van der Waals surface area contributed by atoms with Gasteiger partial charge in [0.25, 0.3) is 9.05 Å². The Hall–Kier alpha value is -0.940. The highest BCUT2D eigenvalue weighted by Crippen LogP contribution is 2.30. The molecule has 4 nitrogen and oxygen atoms in total. The summed E-state index contributed by atoms with van der Waals surface area (Å²) in [7, 11) is 6.66. The molecule has 0 aromatic heterocycles. The van der Waals surface area contributed by atoms with Crippen molar-refractivity contribution in [2.45, 2.75) is 4.90 Å². The smallest absolute Gasteiger partial charge is 0.261 e. The summed E-state index contributed by atoms with van der Waals surface area (Å²) < 4.78 is 27.3. The van der Waals surface area contributed by atoms with Crippen molar-refractivity contribution in [3.63, 3.8) is 0 Å². The quantitative estimate of drug-likeness (QED) is 0.765. The SMILES string of the molecule is COc1ccc(S(=O)(=O)Cl)cc1N(C)C. The number of hydrogen-bond acceptors (Lipinski definition) is 4. The largest absolute Gasteiger partial charge is 0.495 e. The molecule has 0 aliphatic carbocycles. The lowest BCUT2D eigenvalue weighted by molar-refractivity contribution is 0.415. The van der Waals surface area contributed by atoms with Crippen LogP contribution in [0.5, 0.6) is 5.75 Å². The number of halogens is 1. The van der Waals surface area contributed by atoms with Crippen LogP contribution in [0.25, 0.3) is 0 Å². The van der Waals surface area contributed by atoms with Gasteiger partial charge in [0.2, 0.25) is 0 Å². The van der Waals surface area contributed by atoms with Crippen LogP contribution in [0.3, 0.4) is 0 Å². The maximum Gasteiger partial charge on any atom is 0.261 e. The highest BCUT2D eigenvalue weighted by atomic mass is 35.7. The van der Waals surface area contributed by atoms with Crippen molar-refractivity contribution in [2.75, 3.05) is 26.1 Å². The first-order valence-corrected chi connectivity index (χ1v) is 6.47. The van der Waals surface area contributed by atoms with Crippen molar-refractivity contribution in [1.29, 1.82) is 0 Å². The van der Waals surface area contributed by atoms with Crippen molar-refractivity contribution in [1.82, 2.24) is 0 Å². The highest BCUT2D eigenvalue weighted by molar-refractivity contribution is 8.13. The normalized spacial score (nSPS) is 11.2. The van der Waals surface area contributed by atoms with Crippen LogP contribution in [-0.4, -0.2) is 29.6 Å². The summed E-state index contributed by atoms with van der Waals surface area (Å²) in [5.41, 5.74) is 0.666. The van der Waals surface area contributed by atoms with E-state index in [-0.39, 0.29) is 4.90 Å². The Morgan fingerprint density at radius 2 is 1.93 bits per heavy atom. The lowest BCUT2D eigenvalue weighted by atomic mass is 10.3. The number of nitrogens with zero attached hydrogens (tertiary/aromatic N) is 1. The van der Waals surface area contributed by atoms with E-state index in [1.54, 1.807) is 25.1 Å². The molecule has 0 saturated carbocycles. The topological polar surface area (TPSA) is 46.6 Å². The molecule has 15 heavy (non-hydrogen) atoms. The fourth-order valence-corrected chi connectivity index (χ4v) is 1.94. The highest BCUT2D eigenvalue weighted by Gasteiger charge is 2.14. The molecule has 0 unspecified atom stereocenters. The second-order valence-corrected chi connectivity index (χ2v) is 5.73. The average molecular weight is 250 g/mol. The van der Waals surface area contributed by atoms with Gasteiger partial charge in [0, 0.05) is 24.8 Å². The molecule has 1 aromatic rings. The summed E-state index contributed by atoms with van der Waals surface area (Å²) in [5.74, 6) is 0.601. The van der Waals surface area contributed by atoms with E-state index in [1.807, 2.05) is 0 Å². The first kappa shape index (κ1) is 12.1. The third kappa shape index (κ3) is 2.76. The van der Waals surface area contributed by atoms with E-state index in [2.05, 4.69) is 0 Å². The lowest BCUT2D eigenvalue weighted by Gasteiger charge is -2.16. The van der Waals surface area contributed by atoms with Crippen molar-refractivity contribution in [2.24, 2.45) is 0 Å². The molecule has 0 bridgehead atoms. The van der Waals surface area contributed by atoms with E-state index >= 15 is 0 Å². The van der Waals surface area contributed by atoms with Gasteiger partial charge in [-0.25, -0.2) is 8.42 Å². The van der Waals surface area contributed by atoms with Gasteiger partial charge in [0.1, 0.15) is 5.75 Å². The summed E-state index contributed by atoms with van der Waals surface area (Å²) in [6, 6.07) is 4.46. The zero-order valence-corrected chi connectivity index (χ0v) is 10.3. The zero-order chi connectivity index (χ0) is 11.6. The van der Waals surface area contributed by atoms with Crippen LogP contribution in [0.1, 0.15) is 0 Å². The summed E-state index contributed by atoms with van der Waals surface area (Å²) in [6.07, 6.45) is 0. The van der Waals surface area contributed by atoms with Gasteiger partial charge in [0.05, 0.1) is 17.7 Å². The molecule has 0 N–H and O–H groups in total. The van der Waals surface area contributed by atoms with Crippen LogP contribution in [0, 0.1) is 0 Å². The summed E-state index contributed by atoms with van der Waals surface area (Å²) in [6.45, 7) is 0. The number of benzene rings is 1. The second kappa shape index (κ2) is 4.28. The molecule has 0 atom stereocenters. The molecule has 0 fully saturated rings. The van der Waals surface area contributed by atoms with Gasteiger partial charge in [-0.2, -0.15) is 0 Å². The monoisotopic (exact) mass is 249 g/mol. The Kier molecular flexibility index (Phi) is 3.46. The molecule has 0 radical (unpaired) electrons. The number of ether oxygens (including phenoxy) is 1. The maximum absolute atomic E-state index is 11.1. The predicted octanol–water partition coefficient (Wildman–Crippen LogP) is 1.69. The van der Waals surface area contributed by atoms with Gasteiger partial charge in [-0.3, -0.25) is 0 Å². The Morgan fingerprint density at radius 3 is 2.33 bits per heavy atom. The van der Waals surface area contributed by atoms with Crippen molar-refractivity contribution in [3.8, 4) is 5.75 Å². The van der Waals surface area contributed by atoms with E-state index in [0.29, 0.717) is 11.4 Å². The summed E-state index contributed by atoms with van der Waals surface area (Å²) >= 11 is 0. The molecule has 1 rings (SSSR count). The third-order valence-electron chi connectivity index (χ3n) is 1.91. The third-order valence-corrected chi connectivity index (χ3v) is 3.27. The van der Waals surface area contributed by atoms with E-state index in [1.165, 1.54) is 19.2 Å². The van der Waals surface area contributed by atoms with E-state index in [4.69, 9.17) is 15.4 Å². The lowest BCUT2D eigenvalue weighted by Crippen LogP contribution is -2.10. The Labute approximate surface area is 93.8 Å².